The van der Waals surface area contributed by atoms with E-state index in [1.165, 1.54) is 19.4 Å². The third kappa shape index (κ3) is 2.53. The summed E-state index contributed by atoms with van der Waals surface area (Å²) in [6.07, 6.45) is 6.27. The van der Waals surface area contributed by atoms with E-state index in [9.17, 15) is 4.79 Å². The Morgan fingerprint density at radius 1 is 1.35 bits per heavy atom. The van der Waals surface area contributed by atoms with Crippen LogP contribution in [0, 0.1) is 0 Å². The molecule has 110 valence electrons. The second kappa shape index (κ2) is 5.90. The average Bonchev–Trinajstić information content (AvgIpc) is 3.16. The van der Waals surface area contributed by atoms with Gasteiger partial charge in [0.15, 0.2) is 4.67 Å². The number of carbonyl (C=O) groups excluding carboxylic acids is 1. The summed E-state index contributed by atoms with van der Waals surface area (Å²) in [6.45, 7) is 5.35. The molecule has 1 aromatic heterocycles. The highest BCUT2D eigenvalue weighted by Gasteiger charge is 2.39. The Bertz CT molecular complexity index is 488. The Morgan fingerprint density at radius 3 is 2.80 bits per heavy atom. The van der Waals surface area contributed by atoms with Crippen LogP contribution in [0.4, 0.5) is 0 Å². The molecule has 0 radical (unpaired) electrons. The zero-order chi connectivity index (χ0) is 14.1. The molecule has 0 bridgehead atoms. The second-order valence-corrected chi connectivity index (χ2v) is 6.47. The lowest BCUT2D eigenvalue weighted by atomic mass is 10.0. The van der Waals surface area contributed by atoms with Crippen LogP contribution in [0.15, 0.2) is 21.4 Å². The normalized spacial score (nSPS) is 27.4. The number of rotatable bonds is 3. The lowest BCUT2D eigenvalue weighted by Crippen LogP contribution is -2.48. The molecule has 1 aromatic rings. The minimum atomic E-state index is 0.116. The first-order valence-corrected chi connectivity index (χ1v) is 8.29. The van der Waals surface area contributed by atoms with Crippen LogP contribution in [0.25, 0.3) is 0 Å². The molecule has 2 aliphatic heterocycles. The summed E-state index contributed by atoms with van der Waals surface area (Å²) in [5.74, 6) is 0.116. The Kier molecular flexibility index (Phi) is 4.17. The number of nitrogens with zero attached hydrogens (tertiary/aromatic N) is 2. The minimum Gasteiger partial charge on any atom is -0.457 e. The van der Waals surface area contributed by atoms with Crippen LogP contribution < -0.4 is 0 Å². The largest absolute Gasteiger partial charge is 0.457 e. The number of halogens is 1. The molecule has 5 heteroatoms. The first kappa shape index (κ1) is 14.1. The third-order valence-electron chi connectivity index (χ3n) is 4.64. The highest BCUT2D eigenvalue weighted by Crippen LogP contribution is 2.31. The predicted molar refractivity (Wildman–Crippen MR) is 80.7 cm³/mol. The van der Waals surface area contributed by atoms with E-state index in [1.807, 2.05) is 0 Å². The highest BCUT2D eigenvalue weighted by atomic mass is 79.9. The molecule has 0 unspecified atom stereocenters. The molecule has 4 nitrogen and oxygen atoms in total. The Balaban J connectivity index is 1.77. The number of carbonyl (C=O) groups is 1. The molecule has 2 atom stereocenters. The average molecular weight is 341 g/mol. The molecule has 0 aromatic carbocycles. The highest BCUT2D eigenvalue weighted by molar-refractivity contribution is 9.10. The summed E-state index contributed by atoms with van der Waals surface area (Å²) < 4.78 is 5.83. The molecular formula is C15H21BrN2O2. The van der Waals surface area contributed by atoms with Crippen LogP contribution in [0.2, 0.25) is 0 Å². The number of likely N-dealkylation sites (N-methyl/N-ethyl adjacent to an activating group) is 1. The van der Waals surface area contributed by atoms with Crippen molar-refractivity contribution in [1.29, 1.82) is 0 Å². The fourth-order valence-electron chi connectivity index (χ4n) is 3.71. The van der Waals surface area contributed by atoms with Gasteiger partial charge in [-0.2, -0.15) is 0 Å². The van der Waals surface area contributed by atoms with Crippen LogP contribution in [-0.2, 0) is 0 Å². The van der Waals surface area contributed by atoms with E-state index in [-0.39, 0.29) is 5.91 Å². The number of likely N-dealkylation sites (tertiary alicyclic amines) is 2. The fraction of sp³-hybridized carbons (Fsp3) is 0.667. The van der Waals surface area contributed by atoms with E-state index < -0.39 is 0 Å². The summed E-state index contributed by atoms with van der Waals surface area (Å²) in [6, 6.07) is 2.68. The van der Waals surface area contributed by atoms with E-state index in [1.54, 1.807) is 12.3 Å². The standard InChI is InChI=1S/C15H21BrN2O2/c1-2-17-7-3-5-12(17)13-6-4-8-18(13)15(19)11-9-14(16)20-10-11/h9-10,12-13H,2-8H2,1H3/t12-,13-/m1/s1. The van der Waals surface area contributed by atoms with Crippen LogP contribution in [0.5, 0.6) is 0 Å². The molecular weight excluding hydrogens is 320 g/mol. The topological polar surface area (TPSA) is 36.7 Å². The summed E-state index contributed by atoms with van der Waals surface area (Å²) in [5.41, 5.74) is 0.657. The van der Waals surface area contributed by atoms with E-state index in [4.69, 9.17) is 4.42 Å². The summed E-state index contributed by atoms with van der Waals surface area (Å²) in [7, 11) is 0. The predicted octanol–water partition coefficient (Wildman–Crippen LogP) is 3.13. The van der Waals surface area contributed by atoms with Gasteiger partial charge < -0.3 is 9.32 Å². The van der Waals surface area contributed by atoms with Crippen LogP contribution >= 0.6 is 15.9 Å². The quantitative estimate of drug-likeness (QED) is 0.848. The van der Waals surface area contributed by atoms with Gasteiger partial charge in [0.05, 0.1) is 5.56 Å². The first-order valence-electron chi connectivity index (χ1n) is 7.49. The number of amides is 1. The maximum absolute atomic E-state index is 12.6. The molecule has 3 rings (SSSR count). The van der Waals surface area contributed by atoms with Gasteiger partial charge in [-0.1, -0.05) is 6.92 Å². The SMILES string of the molecule is CCN1CCC[C@@H]1[C@H]1CCCN1C(=O)c1coc(Br)c1. The zero-order valence-electron chi connectivity index (χ0n) is 11.8. The van der Waals surface area contributed by atoms with E-state index in [0.29, 0.717) is 22.3 Å². The van der Waals surface area contributed by atoms with Crippen molar-refractivity contribution in [2.24, 2.45) is 0 Å². The Hall–Kier alpha value is -0.810. The first-order chi connectivity index (χ1) is 9.70. The molecule has 0 aliphatic carbocycles. The minimum absolute atomic E-state index is 0.116. The molecule has 2 fully saturated rings. The molecule has 3 heterocycles. The third-order valence-corrected chi connectivity index (χ3v) is 5.05. The number of hydrogen-bond acceptors (Lipinski definition) is 3. The molecule has 2 aliphatic rings. The van der Waals surface area contributed by atoms with Gasteiger partial charge in [0.1, 0.15) is 6.26 Å². The lowest BCUT2D eigenvalue weighted by Gasteiger charge is -2.34. The van der Waals surface area contributed by atoms with Gasteiger partial charge >= 0.3 is 0 Å². The summed E-state index contributed by atoms with van der Waals surface area (Å²) in [4.78, 5) is 17.2. The molecule has 20 heavy (non-hydrogen) atoms. The van der Waals surface area contributed by atoms with E-state index in [2.05, 4.69) is 32.7 Å². The van der Waals surface area contributed by atoms with Crippen molar-refractivity contribution in [3.63, 3.8) is 0 Å². The molecule has 1 amide bonds. The van der Waals surface area contributed by atoms with E-state index in [0.717, 1.165) is 25.9 Å². The summed E-state index contributed by atoms with van der Waals surface area (Å²) >= 11 is 3.27. The van der Waals surface area contributed by atoms with Gasteiger partial charge in [-0.25, -0.2) is 0 Å². The van der Waals surface area contributed by atoms with Gasteiger partial charge in [0.2, 0.25) is 0 Å². The van der Waals surface area contributed by atoms with Crippen molar-refractivity contribution >= 4 is 21.8 Å². The fourth-order valence-corrected chi connectivity index (χ4v) is 4.05. The Labute approximate surface area is 128 Å². The maximum atomic E-state index is 12.6. The van der Waals surface area contributed by atoms with E-state index >= 15 is 0 Å². The number of furan rings is 1. The summed E-state index contributed by atoms with van der Waals surface area (Å²) in [5, 5.41) is 0. The molecule has 0 N–H and O–H groups in total. The van der Waals surface area contributed by atoms with Crippen molar-refractivity contribution in [1.82, 2.24) is 9.80 Å². The number of hydrogen-bond donors (Lipinski definition) is 0. The van der Waals surface area contributed by atoms with Crippen LogP contribution in [0.1, 0.15) is 43.0 Å². The lowest BCUT2D eigenvalue weighted by molar-refractivity contribution is 0.0649. The van der Waals surface area contributed by atoms with Gasteiger partial charge in [0.25, 0.3) is 5.91 Å². The molecule has 2 saturated heterocycles. The van der Waals surface area contributed by atoms with Crippen molar-refractivity contribution in [3.8, 4) is 0 Å². The second-order valence-electron chi connectivity index (χ2n) is 5.69. The smallest absolute Gasteiger partial charge is 0.257 e. The van der Waals surface area contributed by atoms with Gasteiger partial charge in [-0.05, 0) is 54.7 Å². The van der Waals surface area contributed by atoms with Crippen molar-refractivity contribution in [2.75, 3.05) is 19.6 Å². The van der Waals surface area contributed by atoms with Gasteiger partial charge in [0, 0.05) is 24.7 Å². The van der Waals surface area contributed by atoms with Crippen molar-refractivity contribution < 1.29 is 9.21 Å². The van der Waals surface area contributed by atoms with Crippen LogP contribution in [0.3, 0.4) is 0 Å². The van der Waals surface area contributed by atoms with Gasteiger partial charge in [-0.3, -0.25) is 9.69 Å². The van der Waals surface area contributed by atoms with Crippen molar-refractivity contribution in [2.45, 2.75) is 44.7 Å². The van der Waals surface area contributed by atoms with Crippen LogP contribution in [-0.4, -0.2) is 47.4 Å². The molecule has 0 spiro atoms. The molecule has 0 saturated carbocycles. The maximum Gasteiger partial charge on any atom is 0.257 e. The van der Waals surface area contributed by atoms with Gasteiger partial charge in [-0.15, -0.1) is 0 Å². The monoisotopic (exact) mass is 340 g/mol. The Morgan fingerprint density at radius 2 is 2.10 bits per heavy atom. The van der Waals surface area contributed by atoms with Crippen molar-refractivity contribution in [3.05, 3.63) is 22.6 Å². The zero-order valence-corrected chi connectivity index (χ0v) is 13.4.